The largest absolute Gasteiger partial charge is 0.490 e. The van der Waals surface area contributed by atoms with Gasteiger partial charge in [-0.25, -0.2) is 18.2 Å². The van der Waals surface area contributed by atoms with E-state index in [0.29, 0.717) is 11.4 Å². The number of hydrogen-bond donors (Lipinski definition) is 1. The number of pyridine rings is 2. The minimum Gasteiger partial charge on any atom is -0.475 e. The second-order valence-corrected chi connectivity index (χ2v) is 10.1. The zero-order valence-electron chi connectivity index (χ0n) is 19.7. The van der Waals surface area contributed by atoms with Gasteiger partial charge in [0.05, 0.1) is 24.8 Å². The first kappa shape index (κ1) is 27.0. The van der Waals surface area contributed by atoms with E-state index in [2.05, 4.69) is 15.1 Å². The molecule has 5 heterocycles. The molecule has 3 aromatic heterocycles. The van der Waals surface area contributed by atoms with Crippen LogP contribution in [0.25, 0.3) is 0 Å². The van der Waals surface area contributed by atoms with Gasteiger partial charge in [-0.2, -0.15) is 22.6 Å². The highest BCUT2D eigenvalue weighted by atomic mass is 32.2. The molecule has 1 N–H and O–H groups in total. The SMILES string of the molecule is Cn1ccc(C(=O)N2CC3Oc4ncccc4S(=O)(=O)N(Cc4ccccn4)C3C2)n1.O=C(O)C(F)(F)F. The number of halogens is 3. The van der Waals surface area contributed by atoms with Crippen molar-refractivity contribution in [2.45, 2.75) is 29.8 Å². The smallest absolute Gasteiger partial charge is 0.475 e. The number of rotatable bonds is 3. The molecule has 2 aliphatic rings. The summed E-state index contributed by atoms with van der Waals surface area (Å²) in [4.78, 5) is 31.9. The van der Waals surface area contributed by atoms with Crippen molar-refractivity contribution in [3.05, 3.63) is 66.4 Å². The Hall–Kier alpha value is -4.05. The number of likely N-dealkylation sites (tertiary alicyclic amines) is 1. The standard InChI is InChI=1S/C20H20N6O4S.C2HF3O2/c1-24-10-7-15(23-24)20(27)25-12-16-17(13-25)30-19-18(6-4-9-22-19)31(28,29)26(16)11-14-5-2-3-8-21-14;3-2(4,5)1(6)7/h2-10,16-17H,11-13H2,1H3;(H,6,7). The minimum atomic E-state index is -5.08. The molecule has 1 fully saturated rings. The predicted octanol–water partition coefficient (Wildman–Crippen LogP) is 1.32. The van der Waals surface area contributed by atoms with Crippen molar-refractivity contribution in [2.75, 3.05) is 13.1 Å². The Kier molecular flexibility index (Phi) is 7.37. The van der Waals surface area contributed by atoms with Crippen LogP contribution in [0.3, 0.4) is 0 Å². The van der Waals surface area contributed by atoms with Crippen LogP contribution in [0.4, 0.5) is 13.2 Å². The van der Waals surface area contributed by atoms with E-state index in [1.807, 2.05) is 6.07 Å². The fraction of sp³-hybridized carbons (Fsp3) is 0.318. The molecule has 0 aliphatic carbocycles. The lowest BCUT2D eigenvalue weighted by Gasteiger charge is -2.27. The molecule has 1 amide bonds. The number of sulfonamides is 1. The highest BCUT2D eigenvalue weighted by Crippen LogP contribution is 2.35. The van der Waals surface area contributed by atoms with Crippen LogP contribution in [-0.4, -0.2) is 85.8 Å². The van der Waals surface area contributed by atoms with Gasteiger partial charge in [0.1, 0.15) is 16.7 Å². The molecular formula is C22H21F3N6O6S. The average Bonchev–Trinajstić information content (AvgIpc) is 3.47. The van der Waals surface area contributed by atoms with Crippen LogP contribution in [0.1, 0.15) is 16.2 Å². The van der Waals surface area contributed by atoms with Crippen molar-refractivity contribution in [1.29, 1.82) is 0 Å². The van der Waals surface area contributed by atoms with Crippen LogP contribution < -0.4 is 4.74 Å². The number of aryl methyl sites for hydroxylation is 1. The maximum atomic E-state index is 13.6. The molecule has 3 aromatic rings. The number of carboxylic acid groups (broad SMARTS) is 1. The molecule has 0 spiro atoms. The summed E-state index contributed by atoms with van der Waals surface area (Å²) >= 11 is 0. The third-order valence-electron chi connectivity index (χ3n) is 5.70. The fourth-order valence-electron chi connectivity index (χ4n) is 3.97. The van der Waals surface area contributed by atoms with E-state index in [1.54, 1.807) is 53.3 Å². The maximum Gasteiger partial charge on any atom is 0.490 e. The van der Waals surface area contributed by atoms with Gasteiger partial charge in [0.2, 0.25) is 15.9 Å². The van der Waals surface area contributed by atoms with Crippen molar-refractivity contribution < 1.29 is 41.0 Å². The number of nitrogens with zero attached hydrogens (tertiary/aromatic N) is 6. The summed E-state index contributed by atoms with van der Waals surface area (Å²) < 4.78 is 67.9. The number of carbonyl (C=O) groups is 2. The van der Waals surface area contributed by atoms with Gasteiger partial charge in [-0.1, -0.05) is 6.07 Å². The van der Waals surface area contributed by atoms with Gasteiger partial charge in [0, 0.05) is 32.2 Å². The second kappa shape index (κ2) is 10.4. The lowest BCUT2D eigenvalue weighted by Crippen LogP contribution is -2.46. The van der Waals surface area contributed by atoms with Gasteiger partial charge in [0.25, 0.3) is 5.91 Å². The Morgan fingerprint density at radius 2 is 1.82 bits per heavy atom. The number of carbonyl (C=O) groups excluding carboxylic acids is 1. The van der Waals surface area contributed by atoms with Crippen LogP contribution in [0.2, 0.25) is 0 Å². The maximum absolute atomic E-state index is 13.6. The Balaban J connectivity index is 0.000000426. The number of aromatic nitrogens is 4. The van der Waals surface area contributed by atoms with Crippen molar-refractivity contribution in [3.63, 3.8) is 0 Å². The summed E-state index contributed by atoms with van der Waals surface area (Å²) in [6.07, 6.45) is -0.851. The van der Waals surface area contributed by atoms with Gasteiger partial charge in [-0.15, -0.1) is 0 Å². The molecule has 12 nitrogen and oxygen atoms in total. The topological polar surface area (TPSA) is 148 Å². The highest BCUT2D eigenvalue weighted by Gasteiger charge is 2.49. The van der Waals surface area contributed by atoms with Crippen LogP contribution in [0.15, 0.2) is 59.9 Å². The van der Waals surface area contributed by atoms with Crippen molar-refractivity contribution in [1.82, 2.24) is 29.0 Å². The van der Waals surface area contributed by atoms with E-state index < -0.39 is 34.3 Å². The zero-order valence-corrected chi connectivity index (χ0v) is 20.5. The normalized spacial score (nSPS) is 20.3. The molecule has 1 saturated heterocycles. The molecule has 16 heteroatoms. The molecule has 2 aliphatic heterocycles. The van der Waals surface area contributed by atoms with E-state index in [9.17, 15) is 26.4 Å². The van der Waals surface area contributed by atoms with Crippen LogP contribution in [-0.2, 0) is 28.4 Å². The third-order valence-corrected chi connectivity index (χ3v) is 7.58. The summed E-state index contributed by atoms with van der Waals surface area (Å²) in [7, 11) is -2.20. The molecule has 0 radical (unpaired) electrons. The summed E-state index contributed by atoms with van der Waals surface area (Å²) in [6.45, 7) is 0.470. The molecule has 0 saturated carbocycles. The Morgan fingerprint density at radius 1 is 1.11 bits per heavy atom. The predicted molar refractivity (Wildman–Crippen MR) is 122 cm³/mol. The van der Waals surface area contributed by atoms with Crippen LogP contribution in [0.5, 0.6) is 5.88 Å². The van der Waals surface area contributed by atoms with E-state index in [1.165, 1.54) is 16.6 Å². The van der Waals surface area contributed by atoms with Crippen LogP contribution >= 0.6 is 0 Å². The molecular weight excluding hydrogens is 533 g/mol. The lowest BCUT2D eigenvalue weighted by atomic mass is 10.2. The van der Waals surface area contributed by atoms with E-state index in [0.717, 1.165) is 0 Å². The van der Waals surface area contributed by atoms with Gasteiger partial charge < -0.3 is 14.7 Å². The number of amides is 1. The molecule has 202 valence electrons. The van der Waals surface area contributed by atoms with Gasteiger partial charge in [-0.3, -0.25) is 14.5 Å². The molecule has 38 heavy (non-hydrogen) atoms. The average molecular weight is 555 g/mol. The third kappa shape index (κ3) is 5.60. The van der Waals surface area contributed by atoms with E-state index in [4.69, 9.17) is 14.6 Å². The summed E-state index contributed by atoms with van der Waals surface area (Å²) in [5, 5.41) is 11.3. The molecule has 0 aromatic carbocycles. The minimum absolute atomic E-state index is 0.0166. The second-order valence-electron chi connectivity index (χ2n) is 8.29. The molecule has 5 rings (SSSR count). The number of carboxylic acids is 1. The Morgan fingerprint density at radius 3 is 2.42 bits per heavy atom. The first-order chi connectivity index (χ1) is 17.9. The monoisotopic (exact) mass is 554 g/mol. The Bertz CT molecular complexity index is 1430. The summed E-state index contributed by atoms with van der Waals surface area (Å²) in [5.74, 6) is -2.98. The molecule has 2 atom stereocenters. The van der Waals surface area contributed by atoms with E-state index in [-0.39, 0.29) is 36.3 Å². The van der Waals surface area contributed by atoms with Crippen molar-refractivity contribution in [2.24, 2.45) is 7.05 Å². The van der Waals surface area contributed by atoms with Gasteiger partial charge in [-0.05, 0) is 30.3 Å². The lowest BCUT2D eigenvalue weighted by molar-refractivity contribution is -0.192. The quantitative estimate of drug-likeness (QED) is 0.506. The van der Waals surface area contributed by atoms with Gasteiger partial charge in [0.15, 0.2) is 0 Å². The highest BCUT2D eigenvalue weighted by molar-refractivity contribution is 7.89. The zero-order chi connectivity index (χ0) is 27.7. The number of aliphatic carboxylic acids is 1. The first-order valence-electron chi connectivity index (χ1n) is 11.0. The number of hydrogen-bond acceptors (Lipinski definition) is 8. The fourth-order valence-corrected chi connectivity index (χ4v) is 5.65. The first-order valence-corrected chi connectivity index (χ1v) is 12.4. The van der Waals surface area contributed by atoms with Crippen LogP contribution in [0, 0.1) is 0 Å². The van der Waals surface area contributed by atoms with Crippen molar-refractivity contribution >= 4 is 21.9 Å². The number of alkyl halides is 3. The number of ether oxygens (including phenoxy) is 1. The molecule has 0 bridgehead atoms. The number of fused-ring (bicyclic) bond motifs is 2. The van der Waals surface area contributed by atoms with Gasteiger partial charge >= 0.3 is 12.1 Å². The summed E-state index contributed by atoms with van der Waals surface area (Å²) in [6, 6.07) is 9.45. The Labute approximate surface area is 214 Å². The summed E-state index contributed by atoms with van der Waals surface area (Å²) in [5.41, 5.74) is 0.906. The van der Waals surface area contributed by atoms with Crippen molar-refractivity contribution in [3.8, 4) is 5.88 Å². The van der Waals surface area contributed by atoms with E-state index >= 15 is 0 Å². The molecule has 2 unspecified atom stereocenters.